The van der Waals surface area contributed by atoms with Crippen LogP contribution in [0.4, 0.5) is 0 Å². The van der Waals surface area contributed by atoms with Crippen molar-refractivity contribution in [1.82, 2.24) is 15.3 Å². The summed E-state index contributed by atoms with van der Waals surface area (Å²) in [6.07, 6.45) is 2.74. The molecule has 42 heavy (non-hydrogen) atoms. The van der Waals surface area contributed by atoms with Crippen molar-refractivity contribution in [3.8, 4) is 28.5 Å². The SMILES string of the molecule is O=C(/C=C/c1cc(O)c(O)c(O)c1)NCc1cc2c([nH]c3ccccc32)c(-c2cc3ccccc3c3ccccc23)n1. The highest BCUT2D eigenvalue weighted by molar-refractivity contribution is 6.18. The van der Waals surface area contributed by atoms with E-state index in [2.05, 4.69) is 46.7 Å². The Bertz CT molecular complexity index is 2190. The summed E-state index contributed by atoms with van der Waals surface area (Å²) >= 11 is 0. The largest absolute Gasteiger partial charge is 0.504 e. The van der Waals surface area contributed by atoms with Gasteiger partial charge in [-0.1, -0.05) is 66.7 Å². The van der Waals surface area contributed by atoms with E-state index < -0.39 is 17.2 Å². The Morgan fingerprint density at radius 2 is 1.43 bits per heavy atom. The predicted molar refractivity (Wildman–Crippen MR) is 166 cm³/mol. The number of phenolic OH excluding ortho intramolecular Hbond substituents is 3. The summed E-state index contributed by atoms with van der Waals surface area (Å²) in [6, 6.07) is 31.5. The molecule has 0 aliphatic rings. The number of carbonyl (C=O) groups excluding carboxylic acids is 1. The molecule has 204 valence electrons. The van der Waals surface area contributed by atoms with Crippen molar-refractivity contribution in [1.29, 1.82) is 0 Å². The number of hydrogen-bond acceptors (Lipinski definition) is 5. The standard InChI is InChI=1S/C35H25N3O4/c39-30-15-20(16-31(40)35(30)42)13-14-32(41)36-19-22-18-28-26-11-5-6-12-29(26)38-34(28)33(37-22)27-17-21-7-1-2-8-23(21)24-9-3-4-10-25(24)27/h1-18,38-40,42H,19H2,(H,36,41)/b14-13+. The Balaban J connectivity index is 1.31. The summed E-state index contributed by atoms with van der Waals surface area (Å²) in [5, 5.41) is 38.5. The fourth-order valence-electron chi connectivity index (χ4n) is 5.56. The summed E-state index contributed by atoms with van der Waals surface area (Å²) in [5.74, 6) is -1.93. The average Bonchev–Trinajstić information content (AvgIpc) is 3.39. The average molecular weight is 552 g/mol. The Labute approximate surface area is 240 Å². The van der Waals surface area contributed by atoms with Gasteiger partial charge in [0, 0.05) is 27.9 Å². The van der Waals surface area contributed by atoms with Crippen LogP contribution in [-0.2, 0) is 11.3 Å². The molecule has 0 atom stereocenters. The smallest absolute Gasteiger partial charge is 0.244 e. The van der Waals surface area contributed by atoms with E-state index in [1.807, 2.05) is 48.5 Å². The second-order valence-corrected chi connectivity index (χ2v) is 10.2. The number of rotatable bonds is 5. The number of H-pyrrole nitrogens is 1. The summed E-state index contributed by atoms with van der Waals surface area (Å²) in [5.41, 5.74) is 4.80. The number of nitrogens with one attached hydrogen (secondary N) is 2. The van der Waals surface area contributed by atoms with Crippen LogP contribution in [0.2, 0.25) is 0 Å². The van der Waals surface area contributed by atoms with Crippen molar-refractivity contribution in [3.05, 3.63) is 114 Å². The molecule has 5 N–H and O–H groups in total. The van der Waals surface area contributed by atoms with Gasteiger partial charge in [0.1, 0.15) is 0 Å². The van der Waals surface area contributed by atoms with Gasteiger partial charge >= 0.3 is 0 Å². The zero-order valence-electron chi connectivity index (χ0n) is 22.3. The molecule has 2 aromatic heterocycles. The number of benzene rings is 5. The van der Waals surface area contributed by atoms with E-state index in [9.17, 15) is 20.1 Å². The second kappa shape index (κ2) is 9.98. The minimum absolute atomic E-state index is 0.184. The highest BCUT2D eigenvalue weighted by Gasteiger charge is 2.17. The van der Waals surface area contributed by atoms with Gasteiger partial charge in [0.05, 0.1) is 23.4 Å². The number of fused-ring (bicyclic) bond motifs is 6. The van der Waals surface area contributed by atoms with Crippen molar-refractivity contribution in [2.75, 3.05) is 0 Å². The maximum absolute atomic E-state index is 12.7. The van der Waals surface area contributed by atoms with E-state index in [-0.39, 0.29) is 12.5 Å². The van der Waals surface area contributed by atoms with Crippen LogP contribution in [0, 0.1) is 0 Å². The van der Waals surface area contributed by atoms with Crippen LogP contribution in [0.5, 0.6) is 17.2 Å². The van der Waals surface area contributed by atoms with Crippen LogP contribution in [0.3, 0.4) is 0 Å². The number of para-hydroxylation sites is 1. The van der Waals surface area contributed by atoms with E-state index in [0.29, 0.717) is 11.3 Å². The van der Waals surface area contributed by atoms with Gasteiger partial charge in [-0.15, -0.1) is 0 Å². The molecule has 0 aliphatic heterocycles. The molecule has 0 saturated carbocycles. The Kier molecular flexibility index (Phi) is 5.98. The van der Waals surface area contributed by atoms with Crippen LogP contribution in [0.15, 0.2) is 103 Å². The maximum Gasteiger partial charge on any atom is 0.244 e. The first-order valence-electron chi connectivity index (χ1n) is 13.5. The van der Waals surface area contributed by atoms with Crippen molar-refractivity contribution in [2.45, 2.75) is 6.54 Å². The lowest BCUT2D eigenvalue weighted by atomic mass is 9.94. The van der Waals surface area contributed by atoms with Gasteiger partial charge in [-0.2, -0.15) is 0 Å². The van der Waals surface area contributed by atoms with E-state index >= 15 is 0 Å². The number of aromatic hydroxyl groups is 3. The maximum atomic E-state index is 12.7. The minimum Gasteiger partial charge on any atom is -0.504 e. The second-order valence-electron chi connectivity index (χ2n) is 10.2. The van der Waals surface area contributed by atoms with Crippen LogP contribution in [-0.4, -0.2) is 31.2 Å². The van der Waals surface area contributed by atoms with Crippen LogP contribution >= 0.6 is 0 Å². The molecule has 1 amide bonds. The summed E-state index contributed by atoms with van der Waals surface area (Å²) in [7, 11) is 0. The number of aromatic amines is 1. The molecule has 0 saturated heterocycles. The molecular weight excluding hydrogens is 526 g/mol. The molecule has 2 heterocycles. The van der Waals surface area contributed by atoms with E-state index in [4.69, 9.17) is 4.98 Å². The number of pyridine rings is 1. The number of aromatic nitrogens is 2. The molecule has 0 aliphatic carbocycles. The van der Waals surface area contributed by atoms with Crippen molar-refractivity contribution in [2.24, 2.45) is 0 Å². The molecule has 7 heteroatoms. The van der Waals surface area contributed by atoms with Gasteiger partial charge in [-0.05, 0) is 63.5 Å². The molecule has 7 nitrogen and oxygen atoms in total. The third-order valence-corrected chi connectivity index (χ3v) is 7.54. The summed E-state index contributed by atoms with van der Waals surface area (Å²) in [6.45, 7) is 0.184. The molecule has 0 bridgehead atoms. The lowest BCUT2D eigenvalue weighted by molar-refractivity contribution is -0.116. The van der Waals surface area contributed by atoms with Gasteiger partial charge in [0.2, 0.25) is 5.91 Å². The molecule has 0 radical (unpaired) electrons. The van der Waals surface area contributed by atoms with E-state index in [0.717, 1.165) is 49.2 Å². The zero-order valence-corrected chi connectivity index (χ0v) is 22.3. The fraction of sp³-hybridized carbons (Fsp3) is 0.0286. The number of nitrogens with zero attached hydrogens (tertiary/aromatic N) is 1. The Morgan fingerprint density at radius 3 is 2.21 bits per heavy atom. The van der Waals surface area contributed by atoms with Gasteiger partial charge in [-0.25, -0.2) is 4.98 Å². The monoisotopic (exact) mass is 551 g/mol. The first-order chi connectivity index (χ1) is 20.5. The highest BCUT2D eigenvalue weighted by Crippen LogP contribution is 2.39. The minimum atomic E-state index is -0.606. The number of amides is 1. The Hall–Kier alpha value is -5.82. The lowest BCUT2D eigenvalue weighted by Gasteiger charge is -2.13. The van der Waals surface area contributed by atoms with Gasteiger partial charge in [-0.3, -0.25) is 4.79 Å². The molecular formula is C35H25N3O4. The molecule has 0 fully saturated rings. The summed E-state index contributed by atoms with van der Waals surface area (Å²) in [4.78, 5) is 21.4. The predicted octanol–water partition coefficient (Wildman–Crippen LogP) is 7.14. The number of carbonyl (C=O) groups is 1. The van der Waals surface area contributed by atoms with Crippen molar-refractivity contribution < 1.29 is 20.1 Å². The first kappa shape index (κ1) is 25.2. The van der Waals surface area contributed by atoms with Crippen LogP contribution < -0.4 is 5.32 Å². The van der Waals surface area contributed by atoms with Crippen molar-refractivity contribution in [3.63, 3.8) is 0 Å². The normalized spacial score (nSPS) is 11.7. The van der Waals surface area contributed by atoms with E-state index in [1.165, 1.54) is 29.7 Å². The van der Waals surface area contributed by atoms with Crippen molar-refractivity contribution >= 4 is 55.3 Å². The third-order valence-electron chi connectivity index (χ3n) is 7.54. The van der Waals surface area contributed by atoms with Crippen LogP contribution in [0.1, 0.15) is 11.3 Å². The quantitative estimate of drug-likeness (QED) is 0.0886. The van der Waals surface area contributed by atoms with Gasteiger partial charge in [0.15, 0.2) is 17.2 Å². The summed E-state index contributed by atoms with van der Waals surface area (Å²) < 4.78 is 0. The fourth-order valence-corrected chi connectivity index (χ4v) is 5.56. The highest BCUT2D eigenvalue weighted by atomic mass is 16.3. The van der Waals surface area contributed by atoms with Gasteiger partial charge < -0.3 is 25.6 Å². The molecule has 7 rings (SSSR count). The number of hydrogen-bond donors (Lipinski definition) is 5. The van der Waals surface area contributed by atoms with Crippen LogP contribution in [0.25, 0.3) is 60.7 Å². The molecule has 0 spiro atoms. The molecule has 0 unspecified atom stereocenters. The Morgan fingerprint density at radius 1 is 0.762 bits per heavy atom. The van der Waals surface area contributed by atoms with Gasteiger partial charge in [0.25, 0.3) is 0 Å². The topological polar surface area (TPSA) is 118 Å². The number of phenols is 3. The van der Waals surface area contributed by atoms with E-state index in [1.54, 1.807) is 0 Å². The third kappa shape index (κ3) is 4.33. The zero-order chi connectivity index (χ0) is 28.8. The molecule has 7 aromatic rings. The lowest BCUT2D eigenvalue weighted by Crippen LogP contribution is -2.21. The first-order valence-corrected chi connectivity index (χ1v) is 13.5. The molecule has 5 aromatic carbocycles.